The van der Waals surface area contributed by atoms with E-state index in [-0.39, 0.29) is 24.0 Å². The van der Waals surface area contributed by atoms with E-state index in [1.165, 1.54) is 18.8 Å². The normalized spacial score (nSPS) is 13.2. The lowest BCUT2D eigenvalue weighted by Gasteiger charge is -2.18. The third-order valence-corrected chi connectivity index (χ3v) is 6.44. The third kappa shape index (κ3) is 5.63. The van der Waals surface area contributed by atoms with Crippen LogP contribution in [-0.4, -0.2) is 40.3 Å². The van der Waals surface area contributed by atoms with Crippen molar-refractivity contribution >= 4 is 27.7 Å². The Morgan fingerprint density at radius 3 is 2.54 bits per heavy atom. The summed E-state index contributed by atoms with van der Waals surface area (Å²) >= 11 is 1.40. The molecular formula is C19H22N2O5S2. The number of carbonyl (C=O) groups is 1. The Hall–Kier alpha value is -2.23. The van der Waals surface area contributed by atoms with E-state index in [9.17, 15) is 13.2 Å². The van der Waals surface area contributed by atoms with Crippen LogP contribution in [0.25, 0.3) is 0 Å². The van der Waals surface area contributed by atoms with Gasteiger partial charge in [0.15, 0.2) is 11.5 Å². The lowest BCUT2D eigenvalue weighted by atomic mass is 10.1. The summed E-state index contributed by atoms with van der Waals surface area (Å²) in [4.78, 5) is 13.1. The number of rotatable bonds is 8. The molecule has 1 amide bonds. The summed E-state index contributed by atoms with van der Waals surface area (Å²) in [7, 11) is -1.99. The molecule has 0 radical (unpaired) electrons. The molecule has 0 bridgehead atoms. The fraction of sp³-hybridized carbons (Fsp3) is 0.316. The van der Waals surface area contributed by atoms with Gasteiger partial charge in [0, 0.05) is 11.4 Å². The summed E-state index contributed by atoms with van der Waals surface area (Å²) < 4.78 is 36.9. The van der Waals surface area contributed by atoms with Crippen LogP contribution in [0, 0.1) is 0 Å². The summed E-state index contributed by atoms with van der Waals surface area (Å²) in [6.45, 7) is 1.33. The van der Waals surface area contributed by atoms with Gasteiger partial charge < -0.3 is 14.8 Å². The SMILES string of the molecule is CNS(=O)(=O)Cc1ccccc1CNC(=O)CSc1ccc2c(c1)OCCO2. The van der Waals surface area contributed by atoms with E-state index >= 15 is 0 Å². The van der Waals surface area contributed by atoms with E-state index in [1.54, 1.807) is 12.1 Å². The average molecular weight is 423 g/mol. The molecule has 0 spiro atoms. The molecule has 150 valence electrons. The number of hydrogen-bond acceptors (Lipinski definition) is 6. The summed E-state index contributed by atoms with van der Waals surface area (Å²) in [5.74, 6) is 1.40. The van der Waals surface area contributed by atoms with E-state index in [4.69, 9.17) is 9.47 Å². The number of ether oxygens (including phenoxy) is 2. The molecule has 0 aromatic heterocycles. The molecule has 2 N–H and O–H groups in total. The van der Waals surface area contributed by atoms with Crippen molar-refractivity contribution in [2.45, 2.75) is 17.2 Å². The smallest absolute Gasteiger partial charge is 0.230 e. The molecule has 2 aromatic carbocycles. The Morgan fingerprint density at radius 1 is 1.07 bits per heavy atom. The number of nitrogens with one attached hydrogen (secondary N) is 2. The van der Waals surface area contributed by atoms with Crippen LogP contribution in [0.15, 0.2) is 47.4 Å². The highest BCUT2D eigenvalue weighted by Gasteiger charge is 2.14. The molecule has 0 aliphatic carbocycles. The van der Waals surface area contributed by atoms with Crippen molar-refractivity contribution < 1.29 is 22.7 Å². The first-order chi connectivity index (χ1) is 13.5. The maximum Gasteiger partial charge on any atom is 0.230 e. The van der Waals surface area contributed by atoms with Gasteiger partial charge in [-0.2, -0.15) is 0 Å². The van der Waals surface area contributed by atoms with Gasteiger partial charge in [-0.15, -0.1) is 11.8 Å². The molecule has 1 aliphatic heterocycles. The molecule has 1 aliphatic rings. The fourth-order valence-corrected chi connectivity index (χ4v) is 4.24. The number of amides is 1. The van der Waals surface area contributed by atoms with Crippen molar-refractivity contribution in [3.63, 3.8) is 0 Å². The van der Waals surface area contributed by atoms with Crippen LogP contribution in [0.1, 0.15) is 11.1 Å². The van der Waals surface area contributed by atoms with Gasteiger partial charge in [-0.3, -0.25) is 4.79 Å². The molecule has 28 heavy (non-hydrogen) atoms. The standard InChI is InChI=1S/C19H22N2O5S2/c1-20-28(23,24)13-15-5-3-2-4-14(15)11-21-19(22)12-27-16-6-7-17-18(10-16)26-9-8-25-17/h2-7,10,20H,8-9,11-13H2,1H3,(H,21,22). The van der Waals surface area contributed by atoms with E-state index in [0.29, 0.717) is 30.3 Å². The van der Waals surface area contributed by atoms with E-state index in [2.05, 4.69) is 10.0 Å². The van der Waals surface area contributed by atoms with Crippen LogP contribution < -0.4 is 19.5 Å². The predicted octanol–water partition coefficient (Wildman–Crippen LogP) is 1.92. The zero-order valence-corrected chi connectivity index (χ0v) is 17.1. The monoisotopic (exact) mass is 422 g/mol. The van der Waals surface area contributed by atoms with Gasteiger partial charge >= 0.3 is 0 Å². The fourth-order valence-electron chi connectivity index (χ4n) is 2.65. The number of fused-ring (bicyclic) bond motifs is 1. The molecule has 0 saturated heterocycles. The lowest BCUT2D eigenvalue weighted by molar-refractivity contribution is -0.118. The topological polar surface area (TPSA) is 93.7 Å². The number of thioether (sulfide) groups is 1. The first-order valence-electron chi connectivity index (χ1n) is 8.74. The first-order valence-corrected chi connectivity index (χ1v) is 11.4. The molecule has 0 fully saturated rings. The van der Waals surface area contributed by atoms with Gasteiger partial charge in [-0.1, -0.05) is 24.3 Å². The maximum atomic E-state index is 12.2. The Balaban J connectivity index is 1.54. The summed E-state index contributed by atoms with van der Waals surface area (Å²) in [6, 6.07) is 12.8. The zero-order valence-electron chi connectivity index (χ0n) is 15.4. The Bertz CT molecular complexity index is 947. The summed E-state index contributed by atoms with van der Waals surface area (Å²) in [5.41, 5.74) is 1.44. The number of carbonyl (C=O) groups excluding carboxylic acids is 1. The third-order valence-electron chi connectivity index (χ3n) is 4.13. The van der Waals surface area contributed by atoms with Crippen molar-refractivity contribution in [2.75, 3.05) is 26.0 Å². The van der Waals surface area contributed by atoms with Gasteiger partial charge in [0.05, 0.1) is 11.5 Å². The molecule has 0 atom stereocenters. The molecular weight excluding hydrogens is 400 g/mol. The van der Waals surface area contributed by atoms with Crippen molar-refractivity contribution in [2.24, 2.45) is 0 Å². The second-order valence-corrected chi connectivity index (χ2v) is 9.08. The molecule has 9 heteroatoms. The van der Waals surface area contributed by atoms with E-state index in [1.807, 2.05) is 30.3 Å². The van der Waals surface area contributed by atoms with Crippen molar-refractivity contribution in [1.82, 2.24) is 10.0 Å². The van der Waals surface area contributed by atoms with Crippen LogP contribution in [-0.2, 0) is 27.1 Å². The second kappa shape index (κ2) is 9.31. The van der Waals surface area contributed by atoms with E-state index < -0.39 is 10.0 Å². The highest BCUT2D eigenvalue weighted by Crippen LogP contribution is 2.34. The first kappa shape index (κ1) is 20.5. The zero-order chi connectivity index (χ0) is 20.0. The van der Waals surface area contributed by atoms with Crippen LogP contribution >= 0.6 is 11.8 Å². The van der Waals surface area contributed by atoms with Crippen LogP contribution in [0.3, 0.4) is 0 Å². The molecule has 2 aromatic rings. The van der Waals surface area contributed by atoms with E-state index in [0.717, 1.165) is 10.5 Å². The predicted molar refractivity (Wildman–Crippen MR) is 108 cm³/mol. The molecule has 0 unspecified atom stereocenters. The minimum atomic E-state index is -3.38. The number of benzene rings is 2. The van der Waals surface area contributed by atoms with Gasteiger partial charge in [-0.05, 0) is 36.4 Å². The maximum absolute atomic E-state index is 12.2. The average Bonchev–Trinajstić information content (AvgIpc) is 2.71. The van der Waals surface area contributed by atoms with Crippen LogP contribution in [0.4, 0.5) is 0 Å². The van der Waals surface area contributed by atoms with Crippen LogP contribution in [0.2, 0.25) is 0 Å². The highest BCUT2D eigenvalue weighted by atomic mass is 32.2. The lowest BCUT2D eigenvalue weighted by Crippen LogP contribution is -2.26. The molecule has 3 rings (SSSR count). The minimum absolute atomic E-state index is 0.124. The Kier molecular flexibility index (Phi) is 6.82. The minimum Gasteiger partial charge on any atom is -0.486 e. The van der Waals surface area contributed by atoms with Crippen molar-refractivity contribution in [3.8, 4) is 11.5 Å². The second-order valence-electron chi connectivity index (χ2n) is 6.10. The van der Waals surface area contributed by atoms with Gasteiger partial charge in [0.1, 0.15) is 13.2 Å². The van der Waals surface area contributed by atoms with Crippen molar-refractivity contribution in [3.05, 3.63) is 53.6 Å². The van der Waals surface area contributed by atoms with Gasteiger partial charge in [0.25, 0.3) is 0 Å². The highest BCUT2D eigenvalue weighted by molar-refractivity contribution is 8.00. The summed E-state index contributed by atoms with van der Waals surface area (Å²) in [6.07, 6.45) is 0. The Labute approximate surface area is 168 Å². The quantitative estimate of drug-likeness (QED) is 0.632. The largest absolute Gasteiger partial charge is 0.486 e. The van der Waals surface area contributed by atoms with Gasteiger partial charge in [-0.25, -0.2) is 13.1 Å². The Morgan fingerprint density at radius 2 is 1.79 bits per heavy atom. The molecule has 7 nitrogen and oxygen atoms in total. The van der Waals surface area contributed by atoms with Crippen molar-refractivity contribution in [1.29, 1.82) is 0 Å². The molecule has 1 heterocycles. The summed E-state index contributed by atoms with van der Waals surface area (Å²) in [5, 5.41) is 2.84. The van der Waals surface area contributed by atoms with Crippen LogP contribution in [0.5, 0.6) is 11.5 Å². The number of hydrogen-bond donors (Lipinski definition) is 2. The number of sulfonamides is 1. The van der Waals surface area contributed by atoms with Gasteiger partial charge in [0.2, 0.25) is 15.9 Å². The molecule has 0 saturated carbocycles.